The van der Waals surface area contributed by atoms with Crippen LogP contribution in [0.15, 0.2) is 84.9 Å². The van der Waals surface area contributed by atoms with E-state index in [2.05, 4.69) is 21.3 Å². The smallest absolute Gasteiger partial charge is 0.407 e. The van der Waals surface area contributed by atoms with Crippen LogP contribution >= 0.6 is 0 Å². The Morgan fingerprint density at radius 3 is 2.02 bits per heavy atom. The molecule has 3 aromatic rings. The summed E-state index contributed by atoms with van der Waals surface area (Å²) in [6.45, 7) is 5.88. The van der Waals surface area contributed by atoms with Crippen LogP contribution in [0.1, 0.15) is 39.2 Å². The van der Waals surface area contributed by atoms with Gasteiger partial charge in [-0.25, -0.2) is 9.59 Å². The maximum atomic E-state index is 12.8. The highest BCUT2D eigenvalue weighted by Gasteiger charge is 2.17. The van der Waals surface area contributed by atoms with Crippen molar-refractivity contribution < 1.29 is 23.9 Å². The summed E-state index contributed by atoms with van der Waals surface area (Å²) in [7, 11) is 0. The quantitative estimate of drug-likeness (QED) is 0.220. The first-order valence-corrected chi connectivity index (χ1v) is 13.3. The van der Waals surface area contributed by atoms with Crippen LogP contribution in [-0.2, 0) is 16.0 Å². The highest BCUT2D eigenvalue weighted by molar-refractivity contribution is 5.89. The molecule has 9 heteroatoms. The largest absolute Gasteiger partial charge is 0.457 e. The van der Waals surface area contributed by atoms with E-state index in [1.807, 2.05) is 60.7 Å². The number of hydrogen-bond acceptors (Lipinski definition) is 5. The number of para-hydroxylation sites is 1. The molecule has 9 nitrogen and oxygen atoms in total. The van der Waals surface area contributed by atoms with Crippen molar-refractivity contribution in [3.63, 3.8) is 0 Å². The minimum Gasteiger partial charge on any atom is -0.457 e. The lowest BCUT2D eigenvalue weighted by atomic mass is 10.0. The molecule has 0 spiro atoms. The van der Waals surface area contributed by atoms with Crippen LogP contribution in [0, 0.1) is 0 Å². The van der Waals surface area contributed by atoms with Crippen molar-refractivity contribution in [2.24, 2.45) is 0 Å². The number of ether oxygens (including phenoxy) is 2. The second-order valence-electron chi connectivity index (χ2n) is 10.2. The van der Waals surface area contributed by atoms with Crippen LogP contribution in [0.2, 0.25) is 0 Å². The van der Waals surface area contributed by atoms with Gasteiger partial charge in [-0.2, -0.15) is 0 Å². The summed E-state index contributed by atoms with van der Waals surface area (Å²) in [5.74, 6) is 1.22. The number of benzene rings is 3. The number of anilines is 1. The highest BCUT2D eigenvalue weighted by atomic mass is 16.6. The molecule has 40 heavy (non-hydrogen) atoms. The molecule has 4 N–H and O–H groups in total. The molecule has 0 aliphatic heterocycles. The zero-order valence-corrected chi connectivity index (χ0v) is 23.2. The van der Waals surface area contributed by atoms with Gasteiger partial charge >= 0.3 is 12.1 Å². The fourth-order valence-corrected chi connectivity index (χ4v) is 3.78. The maximum absolute atomic E-state index is 12.8. The number of carbonyl (C=O) groups excluding carboxylic acids is 3. The first-order valence-electron chi connectivity index (χ1n) is 13.3. The van der Waals surface area contributed by atoms with Crippen molar-refractivity contribution in [3.8, 4) is 11.5 Å². The first kappa shape index (κ1) is 30.0. The number of hydrogen-bond donors (Lipinski definition) is 4. The van der Waals surface area contributed by atoms with Gasteiger partial charge in [-0.1, -0.05) is 48.5 Å². The second-order valence-corrected chi connectivity index (χ2v) is 10.2. The van der Waals surface area contributed by atoms with Crippen LogP contribution < -0.4 is 26.0 Å². The maximum Gasteiger partial charge on any atom is 0.407 e. The zero-order chi connectivity index (χ0) is 28.8. The van der Waals surface area contributed by atoms with Crippen LogP contribution in [-0.4, -0.2) is 42.8 Å². The van der Waals surface area contributed by atoms with Gasteiger partial charge in [-0.05, 0) is 75.6 Å². The van der Waals surface area contributed by atoms with Crippen molar-refractivity contribution in [2.45, 2.75) is 51.7 Å². The predicted molar refractivity (Wildman–Crippen MR) is 156 cm³/mol. The van der Waals surface area contributed by atoms with E-state index in [0.29, 0.717) is 24.3 Å². The molecule has 0 saturated carbocycles. The Morgan fingerprint density at radius 1 is 0.775 bits per heavy atom. The molecule has 0 saturated heterocycles. The second kappa shape index (κ2) is 15.2. The van der Waals surface area contributed by atoms with E-state index in [1.165, 1.54) is 0 Å². The molecule has 0 aliphatic rings. The Hall–Kier alpha value is -4.53. The lowest BCUT2D eigenvalue weighted by molar-refractivity contribution is -0.121. The van der Waals surface area contributed by atoms with E-state index in [4.69, 9.17) is 9.47 Å². The molecule has 0 aromatic heterocycles. The summed E-state index contributed by atoms with van der Waals surface area (Å²) in [6, 6.07) is 25.7. The van der Waals surface area contributed by atoms with E-state index in [-0.39, 0.29) is 37.5 Å². The first-order chi connectivity index (χ1) is 19.2. The topological polar surface area (TPSA) is 118 Å². The van der Waals surface area contributed by atoms with Gasteiger partial charge in [-0.3, -0.25) is 4.79 Å². The third kappa shape index (κ3) is 11.9. The normalized spacial score (nSPS) is 11.6. The minimum absolute atomic E-state index is 0.166. The van der Waals surface area contributed by atoms with Crippen molar-refractivity contribution >= 4 is 23.7 Å². The monoisotopic (exact) mass is 546 g/mol. The summed E-state index contributed by atoms with van der Waals surface area (Å²) >= 11 is 0. The molecule has 3 aromatic carbocycles. The van der Waals surface area contributed by atoms with Gasteiger partial charge in [0, 0.05) is 31.2 Å². The molecule has 3 rings (SSSR count). The molecular formula is C31H38N4O5. The van der Waals surface area contributed by atoms with Crippen LogP contribution in [0.4, 0.5) is 15.3 Å². The van der Waals surface area contributed by atoms with Crippen LogP contribution in [0.3, 0.4) is 0 Å². The Labute approximate surface area is 235 Å². The third-order valence-corrected chi connectivity index (χ3v) is 5.59. The average Bonchev–Trinajstić information content (AvgIpc) is 2.91. The minimum atomic E-state index is -0.583. The summed E-state index contributed by atoms with van der Waals surface area (Å²) in [6.07, 6.45) is 0.706. The van der Waals surface area contributed by atoms with Crippen molar-refractivity contribution in [1.82, 2.24) is 16.0 Å². The Bertz CT molecular complexity index is 1210. The fraction of sp³-hybridized carbons (Fsp3) is 0.323. The lowest BCUT2D eigenvalue weighted by Gasteiger charge is -2.20. The SMILES string of the molecule is CC(C)(C)OC(=O)NCCNC(=O)CCC(Cc1ccccc1)NC(=O)Nc1ccc(Oc2ccccc2)cc1. The molecule has 212 valence electrons. The molecule has 1 unspecified atom stereocenters. The van der Waals surface area contributed by atoms with Crippen LogP contribution in [0.25, 0.3) is 0 Å². The van der Waals surface area contributed by atoms with E-state index >= 15 is 0 Å². The van der Waals surface area contributed by atoms with Gasteiger partial charge in [0.05, 0.1) is 0 Å². The lowest BCUT2D eigenvalue weighted by Crippen LogP contribution is -2.41. The summed E-state index contributed by atoms with van der Waals surface area (Å²) in [5.41, 5.74) is 1.09. The van der Waals surface area contributed by atoms with Gasteiger partial charge in [0.2, 0.25) is 5.91 Å². The molecule has 1 atom stereocenters. The number of alkyl carbamates (subject to hydrolysis) is 1. The van der Waals surface area contributed by atoms with Gasteiger partial charge in [0.25, 0.3) is 0 Å². The number of amides is 4. The van der Waals surface area contributed by atoms with Crippen molar-refractivity contribution in [3.05, 3.63) is 90.5 Å². The Morgan fingerprint density at radius 2 is 1.38 bits per heavy atom. The fourth-order valence-electron chi connectivity index (χ4n) is 3.78. The number of carbonyl (C=O) groups is 3. The summed E-state index contributed by atoms with van der Waals surface area (Å²) < 4.78 is 11.0. The molecule has 0 fully saturated rings. The van der Waals surface area contributed by atoms with E-state index < -0.39 is 11.7 Å². The third-order valence-electron chi connectivity index (χ3n) is 5.59. The molecular weight excluding hydrogens is 508 g/mol. The van der Waals surface area contributed by atoms with Gasteiger partial charge in [0.15, 0.2) is 0 Å². The zero-order valence-electron chi connectivity index (χ0n) is 23.2. The summed E-state index contributed by atoms with van der Waals surface area (Å²) in [5, 5.41) is 11.2. The predicted octanol–water partition coefficient (Wildman–Crippen LogP) is 5.63. The highest BCUT2D eigenvalue weighted by Crippen LogP contribution is 2.22. The molecule has 0 radical (unpaired) electrons. The molecule has 4 amide bonds. The standard InChI is InChI=1S/C31H38N4O5/c1-31(2,3)40-30(38)33-21-20-32-28(36)19-16-25(22-23-10-6-4-7-11-23)35-29(37)34-24-14-17-27(18-15-24)39-26-12-8-5-9-13-26/h4-15,17-18,25H,16,19-22H2,1-3H3,(H,32,36)(H,33,38)(H2,34,35,37). The molecule has 0 aliphatic carbocycles. The molecule has 0 heterocycles. The van der Waals surface area contributed by atoms with Gasteiger partial charge < -0.3 is 30.7 Å². The van der Waals surface area contributed by atoms with Crippen molar-refractivity contribution in [2.75, 3.05) is 18.4 Å². The van der Waals surface area contributed by atoms with E-state index in [0.717, 1.165) is 11.3 Å². The Balaban J connectivity index is 1.47. The average molecular weight is 547 g/mol. The molecule has 0 bridgehead atoms. The van der Waals surface area contributed by atoms with Gasteiger partial charge in [0.1, 0.15) is 17.1 Å². The van der Waals surface area contributed by atoms with Gasteiger partial charge in [-0.15, -0.1) is 0 Å². The Kier molecular flexibility index (Phi) is 11.4. The number of urea groups is 1. The van der Waals surface area contributed by atoms with Crippen molar-refractivity contribution in [1.29, 1.82) is 0 Å². The van der Waals surface area contributed by atoms with E-state index in [9.17, 15) is 14.4 Å². The van der Waals surface area contributed by atoms with Crippen LogP contribution in [0.5, 0.6) is 11.5 Å². The van der Waals surface area contributed by atoms with E-state index in [1.54, 1.807) is 45.0 Å². The number of rotatable bonds is 12. The summed E-state index contributed by atoms with van der Waals surface area (Å²) in [4.78, 5) is 36.9. The number of nitrogens with one attached hydrogen (secondary N) is 4.